The molecule has 0 saturated heterocycles. The molecule has 0 radical (unpaired) electrons. The molecule has 0 aromatic heterocycles. The molecule has 2 aromatic carbocycles. The summed E-state index contributed by atoms with van der Waals surface area (Å²) >= 11 is 6.00. The zero-order chi connectivity index (χ0) is 13.1. The molecule has 0 heterocycles. The smallest absolute Gasteiger partial charge is 0.129 e. The van der Waals surface area contributed by atoms with Crippen molar-refractivity contribution in [3.05, 3.63) is 70.0 Å². The maximum absolute atomic E-state index is 13.7. The number of hydrogen-bond acceptors (Lipinski definition) is 1. The monoisotopic (exact) mass is 263 g/mol. The Morgan fingerprint density at radius 1 is 1.22 bits per heavy atom. The minimum Gasteiger partial charge on any atom is -0.324 e. The summed E-state index contributed by atoms with van der Waals surface area (Å²) in [5.74, 6) is -0.345. The summed E-state index contributed by atoms with van der Waals surface area (Å²) < 4.78 is 13.7. The lowest BCUT2D eigenvalue weighted by Gasteiger charge is -2.15. The molecule has 3 heteroatoms. The molecule has 0 aliphatic carbocycles. The third-order valence-electron chi connectivity index (χ3n) is 2.91. The van der Waals surface area contributed by atoms with Gasteiger partial charge in [0.05, 0.1) is 0 Å². The second-order valence-electron chi connectivity index (χ2n) is 4.44. The largest absolute Gasteiger partial charge is 0.324 e. The molecular weight excluding hydrogens is 249 g/mol. The number of halogens is 2. The van der Waals surface area contributed by atoms with Gasteiger partial charge >= 0.3 is 0 Å². The summed E-state index contributed by atoms with van der Waals surface area (Å²) in [6, 6.07) is 12.2. The summed E-state index contributed by atoms with van der Waals surface area (Å²) in [4.78, 5) is 0. The van der Waals surface area contributed by atoms with Gasteiger partial charge in [0.15, 0.2) is 0 Å². The van der Waals surface area contributed by atoms with Gasteiger partial charge in [-0.25, -0.2) is 4.39 Å². The Morgan fingerprint density at radius 3 is 2.61 bits per heavy atom. The molecule has 0 aliphatic heterocycles. The average Bonchev–Trinajstić information content (AvgIpc) is 2.28. The lowest BCUT2D eigenvalue weighted by molar-refractivity contribution is 0.580. The number of hydrogen-bond donors (Lipinski definition) is 1. The van der Waals surface area contributed by atoms with Gasteiger partial charge in [0.25, 0.3) is 0 Å². The van der Waals surface area contributed by atoms with E-state index in [9.17, 15) is 4.39 Å². The number of benzene rings is 2. The first-order chi connectivity index (χ1) is 8.58. The zero-order valence-corrected chi connectivity index (χ0v) is 10.9. The van der Waals surface area contributed by atoms with Gasteiger partial charge in [-0.1, -0.05) is 47.5 Å². The van der Waals surface area contributed by atoms with E-state index in [1.807, 2.05) is 25.1 Å². The van der Waals surface area contributed by atoms with Crippen molar-refractivity contribution in [2.75, 3.05) is 0 Å². The summed E-state index contributed by atoms with van der Waals surface area (Å²) in [6.07, 6.45) is 0.572. The van der Waals surface area contributed by atoms with Gasteiger partial charge < -0.3 is 5.73 Å². The molecule has 0 aliphatic rings. The van der Waals surface area contributed by atoms with E-state index in [0.717, 1.165) is 5.56 Å². The van der Waals surface area contributed by atoms with Crippen molar-refractivity contribution >= 4 is 11.6 Å². The third kappa shape index (κ3) is 2.89. The van der Waals surface area contributed by atoms with Crippen LogP contribution in [0.2, 0.25) is 5.02 Å². The summed E-state index contributed by atoms with van der Waals surface area (Å²) in [6.45, 7) is 2.02. The Morgan fingerprint density at radius 2 is 1.94 bits per heavy atom. The predicted octanol–water partition coefficient (Wildman–Crippen LogP) is 4.03. The number of aryl methyl sites for hydroxylation is 1. The standard InChI is InChI=1S/C15H15ClFN/c1-10-4-2-5-11(8-10)9-14(18)15-12(16)6-3-7-13(15)17/h2-8,14H,9,18H2,1H3. The van der Waals surface area contributed by atoms with Gasteiger partial charge in [-0.2, -0.15) is 0 Å². The maximum Gasteiger partial charge on any atom is 0.129 e. The average molecular weight is 264 g/mol. The molecule has 2 N–H and O–H groups in total. The van der Waals surface area contributed by atoms with Crippen LogP contribution in [-0.4, -0.2) is 0 Å². The van der Waals surface area contributed by atoms with E-state index in [1.54, 1.807) is 12.1 Å². The first kappa shape index (κ1) is 13.1. The van der Waals surface area contributed by atoms with Gasteiger partial charge in [0.2, 0.25) is 0 Å². The van der Waals surface area contributed by atoms with Crippen molar-refractivity contribution in [3.8, 4) is 0 Å². The van der Waals surface area contributed by atoms with Crippen LogP contribution in [0, 0.1) is 12.7 Å². The fraction of sp³-hybridized carbons (Fsp3) is 0.200. The first-order valence-electron chi connectivity index (χ1n) is 5.83. The van der Waals surface area contributed by atoms with Crippen LogP contribution in [0.4, 0.5) is 4.39 Å². The highest BCUT2D eigenvalue weighted by atomic mass is 35.5. The van der Waals surface area contributed by atoms with Gasteiger partial charge in [0.1, 0.15) is 5.82 Å². The predicted molar refractivity (Wildman–Crippen MR) is 73.2 cm³/mol. The van der Waals surface area contributed by atoms with Gasteiger partial charge in [0, 0.05) is 16.6 Å². The fourth-order valence-electron chi connectivity index (χ4n) is 2.06. The van der Waals surface area contributed by atoms with Gasteiger partial charge in [-0.05, 0) is 31.0 Å². The number of rotatable bonds is 3. The molecule has 2 aromatic rings. The van der Waals surface area contributed by atoms with E-state index in [1.165, 1.54) is 11.6 Å². The van der Waals surface area contributed by atoms with E-state index in [0.29, 0.717) is 17.0 Å². The molecule has 18 heavy (non-hydrogen) atoms. The minimum absolute atomic E-state index is 0.345. The molecule has 1 unspecified atom stereocenters. The lowest BCUT2D eigenvalue weighted by atomic mass is 9.98. The molecule has 2 rings (SSSR count). The van der Waals surface area contributed by atoms with Crippen molar-refractivity contribution < 1.29 is 4.39 Å². The summed E-state index contributed by atoms with van der Waals surface area (Å²) in [5, 5.41) is 0.384. The molecule has 0 amide bonds. The highest BCUT2D eigenvalue weighted by Crippen LogP contribution is 2.26. The van der Waals surface area contributed by atoms with Gasteiger partial charge in [-0.15, -0.1) is 0 Å². The molecule has 94 valence electrons. The second kappa shape index (κ2) is 5.51. The first-order valence-corrected chi connectivity index (χ1v) is 6.21. The molecule has 0 fully saturated rings. The highest BCUT2D eigenvalue weighted by Gasteiger charge is 2.15. The normalized spacial score (nSPS) is 12.4. The van der Waals surface area contributed by atoms with E-state index in [4.69, 9.17) is 17.3 Å². The SMILES string of the molecule is Cc1cccc(CC(N)c2c(F)cccc2Cl)c1. The molecular formula is C15H15ClFN. The zero-order valence-electron chi connectivity index (χ0n) is 10.2. The second-order valence-corrected chi connectivity index (χ2v) is 4.84. The molecule has 0 saturated carbocycles. The Hall–Kier alpha value is -1.38. The quantitative estimate of drug-likeness (QED) is 0.889. The highest BCUT2D eigenvalue weighted by molar-refractivity contribution is 6.31. The van der Waals surface area contributed by atoms with Crippen molar-refractivity contribution in [2.45, 2.75) is 19.4 Å². The van der Waals surface area contributed by atoms with E-state index in [-0.39, 0.29) is 5.82 Å². The van der Waals surface area contributed by atoms with E-state index in [2.05, 4.69) is 6.07 Å². The van der Waals surface area contributed by atoms with Crippen LogP contribution in [0.25, 0.3) is 0 Å². The molecule has 1 nitrogen and oxygen atoms in total. The van der Waals surface area contributed by atoms with Crippen LogP contribution in [0.5, 0.6) is 0 Å². The van der Waals surface area contributed by atoms with Gasteiger partial charge in [-0.3, -0.25) is 0 Å². The van der Waals surface area contributed by atoms with E-state index < -0.39 is 6.04 Å². The van der Waals surface area contributed by atoms with Crippen molar-refractivity contribution in [3.63, 3.8) is 0 Å². The summed E-state index contributed by atoms with van der Waals surface area (Å²) in [7, 11) is 0. The minimum atomic E-state index is -0.430. The van der Waals surface area contributed by atoms with Crippen molar-refractivity contribution in [2.24, 2.45) is 5.73 Å². The Labute approximate surface area is 111 Å². The summed E-state index contributed by atoms with van der Waals surface area (Å²) in [5.41, 5.74) is 8.69. The third-order valence-corrected chi connectivity index (χ3v) is 3.24. The Bertz CT molecular complexity index is 534. The topological polar surface area (TPSA) is 26.0 Å². The maximum atomic E-state index is 13.7. The number of nitrogens with two attached hydrogens (primary N) is 1. The van der Waals surface area contributed by atoms with Crippen LogP contribution in [0.15, 0.2) is 42.5 Å². The molecule has 1 atom stereocenters. The Balaban J connectivity index is 2.25. The Kier molecular flexibility index (Phi) is 4.00. The van der Waals surface area contributed by atoms with Crippen LogP contribution in [-0.2, 0) is 6.42 Å². The van der Waals surface area contributed by atoms with Crippen molar-refractivity contribution in [1.29, 1.82) is 0 Å². The van der Waals surface area contributed by atoms with E-state index >= 15 is 0 Å². The van der Waals surface area contributed by atoms with Crippen molar-refractivity contribution in [1.82, 2.24) is 0 Å². The fourth-order valence-corrected chi connectivity index (χ4v) is 2.36. The van der Waals surface area contributed by atoms with Crippen LogP contribution in [0.1, 0.15) is 22.7 Å². The lowest BCUT2D eigenvalue weighted by Crippen LogP contribution is -2.15. The van der Waals surface area contributed by atoms with Crippen LogP contribution < -0.4 is 5.73 Å². The molecule has 0 bridgehead atoms. The molecule has 0 spiro atoms. The van der Waals surface area contributed by atoms with Crippen LogP contribution in [0.3, 0.4) is 0 Å². The van der Waals surface area contributed by atoms with Crippen LogP contribution >= 0.6 is 11.6 Å².